The summed E-state index contributed by atoms with van der Waals surface area (Å²) in [4.78, 5) is 2.40. The summed E-state index contributed by atoms with van der Waals surface area (Å²) in [5.41, 5.74) is 19.7. The van der Waals surface area contributed by atoms with Gasteiger partial charge < -0.3 is 4.90 Å². The third-order valence-electron chi connectivity index (χ3n) is 15.1. The van der Waals surface area contributed by atoms with Crippen molar-refractivity contribution < 1.29 is 0 Å². The molecule has 3 bridgehead atoms. The van der Waals surface area contributed by atoms with Gasteiger partial charge in [-0.25, -0.2) is 0 Å². The maximum absolute atomic E-state index is 2.51. The van der Waals surface area contributed by atoms with Gasteiger partial charge in [0, 0.05) is 22.4 Å². The summed E-state index contributed by atoms with van der Waals surface area (Å²) in [7, 11) is 0. The lowest BCUT2D eigenvalue weighted by molar-refractivity contribution is -0.0103. The molecule has 4 aliphatic carbocycles. The van der Waals surface area contributed by atoms with Crippen LogP contribution in [0, 0.1) is 23.7 Å². The summed E-state index contributed by atoms with van der Waals surface area (Å²) < 4.78 is 0. The first kappa shape index (κ1) is 35.5. The number of rotatable bonds is 7. The molecule has 12 rings (SSSR count). The van der Waals surface area contributed by atoms with Gasteiger partial charge in [0.2, 0.25) is 0 Å². The highest BCUT2D eigenvalue weighted by atomic mass is 15.1. The lowest BCUT2D eigenvalue weighted by atomic mass is 9.47. The summed E-state index contributed by atoms with van der Waals surface area (Å²) in [5, 5.41) is 0. The standard InChI is InChI=1S/C59H49N/c1-3-12-41(13-4-1)43-28-32-50(33-29-43)60(57-21-10-8-16-52(57)45-14-5-2-6-15-45)51-34-30-44(31-35-51)42-24-26-46(27-25-42)53-18-11-20-56-58(53)54-17-7-9-19-55(54)59(56)39-47-23-22-40-36-48(47)38-49(59)37-40/h1-21,24-35,40,47-49H,22-23,36-39H2. The molecule has 0 N–H and O–H groups in total. The van der Waals surface area contributed by atoms with Crippen LogP contribution in [-0.2, 0) is 5.41 Å². The molecule has 3 fully saturated rings. The summed E-state index contributed by atoms with van der Waals surface area (Å²) in [6.07, 6.45) is 8.55. The molecule has 5 atom stereocenters. The van der Waals surface area contributed by atoms with Gasteiger partial charge in [-0.1, -0.05) is 176 Å². The molecule has 5 unspecified atom stereocenters. The molecule has 0 aromatic heterocycles. The predicted octanol–water partition coefficient (Wildman–Crippen LogP) is 15.9. The van der Waals surface area contributed by atoms with Crippen LogP contribution in [-0.4, -0.2) is 0 Å². The smallest absolute Gasteiger partial charge is 0.0540 e. The third-order valence-corrected chi connectivity index (χ3v) is 15.1. The minimum absolute atomic E-state index is 0.170. The highest BCUT2D eigenvalue weighted by Gasteiger charge is 2.57. The summed E-state index contributed by atoms with van der Waals surface area (Å²) in [6.45, 7) is 0. The zero-order valence-electron chi connectivity index (χ0n) is 34.1. The van der Waals surface area contributed by atoms with Gasteiger partial charge in [0.1, 0.15) is 0 Å². The number of para-hydroxylation sites is 1. The molecule has 290 valence electrons. The molecule has 0 aliphatic heterocycles. The molecule has 0 amide bonds. The molecule has 1 heteroatoms. The van der Waals surface area contributed by atoms with E-state index in [1.54, 1.807) is 11.1 Å². The zero-order valence-corrected chi connectivity index (χ0v) is 34.1. The van der Waals surface area contributed by atoms with E-state index in [-0.39, 0.29) is 5.41 Å². The summed E-state index contributed by atoms with van der Waals surface area (Å²) in [6, 6.07) is 74.4. The molecule has 1 spiro atoms. The highest BCUT2D eigenvalue weighted by molar-refractivity contribution is 5.94. The van der Waals surface area contributed by atoms with Crippen molar-refractivity contribution in [3.05, 3.63) is 211 Å². The van der Waals surface area contributed by atoms with Gasteiger partial charge in [-0.15, -0.1) is 0 Å². The largest absolute Gasteiger partial charge is 0.310 e. The molecule has 60 heavy (non-hydrogen) atoms. The van der Waals surface area contributed by atoms with Crippen molar-refractivity contribution >= 4 is 17.1 Å². The molecule has 8 aromatic rings. The van der Waals surface area contributed by atoms with E-state index in [0.29, 0.717) is 0 Å². The van der Waals surface area contributed by atoms with Crippen molar-refractivity contribution in [1.29, 1.82) is 0 Å². The molecular formula is C59H49N. The second-order valence-electron chi connectivity index (χ2n) is 18.1. The normalized spacial score (nSPS) is 22.0. The lowest BCUT2D eigenvalue weighted by Gasteiger charge is -2.57. The van der Waals surface area contributed by atoms with Crippen molar-refractivity contribution in [3.8, 4) is 55.6 Å². The lowest BCUT2D eigenvalue weighted by Crippen LogP contribution is -2.50. The van der Waals surface area contributed by atoms with Crippen LogP contribution < -0.4 is 4.90 Å². The number of hydrogen-bond donors (Lipinski definition) is 0. The van der Waals surface area contributed by atoms with E-state index in [1.807, 2.05) is 0 Å². The van der Waals surface area contributed by atoms with E-state index in [4.69, 9.17) is 0 Å². The van der Waals surface area contributed by atoms with Crippen LogP contribution in [0.1, 0.15) is 49.7 Å². The van der Waals surface area contributed by atoms with Crippen molar-refractivity contribution in [2.24, 2.45) is 23.7 Å². The fourth-order valence-electron chi connectivity index (χ4n) is 12.4. The van der Waals surface area contributed by atoms with Gasteiger partial charge in [-0.2, -0.15) is 0 Å². The second kappa shape index (κ2) is 14.4. The Morgan fingerprint density at radius 2 is 0.883 bits per heavy atom. The van der Waals surface area contributed by atoms with Gasteiger partial charge in [-0.3, -0.25) is 0 Å². The zero-order chi connectivity index (χ0) is 39.6. The van der Waals surface area contributed by atoms with Crippen molar-refractivity contribution in [3.63, 3.8) is 0 Å². The number of nitrogens with zero attached hydrogens (tertiary/aromatic N) is 1. The Balaban J connectivity index is 0.892. The predicted molar refractivity (Wildman–Crippen MR) is 251 cm³/mol. The van der Waals surface area contributed by atoms with Gasteiger partial charge >= 0.3 is 0 Å². The van der Waals surface area contributed by atoms with E-state index >= 15 is 0 Å². The average molecular weight is 772 g/mol. The molecule has 3 saturated carbocycles. The SMILES string of the molecule is c1ccc(-c2ccc(N(c3ccc(-c4ccc(-c5cccc6c5-c5ccccc5C65CC6CCC7CC6CC5C7)cc4)cc3)c3ccccc3-c3ccccc3)cc2)cc1. The molecular weight excluding hydrogens is 723 g/mol. The Morgan fingerprint density at radius 1 is 0.367 bits per heavy atom. The second-order valence-corrected chi connectivity index (χ2v) is 18.1. The molecule has 1 nitrogen and oxygen atoms in total. The van der Waals surface area contributed by atoms with Crippen LogP contribution in [0.2, 0.25) is 0 Å². The molecule has 0 heterocycles. The Kier molecular flexibility index (Phi) is 8.51. The summed E-state index contributed by atoms with van der Waals surface area (Å²) in [5.74, 6) is 3.52. The van der Waals surface area contributed by atoms with E-state index in [1.165, 1.54) is 94.2 Å². The van der Waals surface area contributed by atoms with Gasteiger partial charge in [-0.05, 0) is 147 Å². The Morgan fingerprint density at radius 3 is 1.58 bits per heavy atom. The molecule has 0 radical (unpaired) electrons. The maximum Gasteiger partial charge on any atom is 0.0540 e. The van der Waals surface area contributed by atoms with Gasteiger partial charge in [0.05, 0.1) is 5.69 Å². The van der Waals surface area contributed by atoms with Crippen LogP contribution >= 0.6 is 0 Å². The first-order chi connectivity index (χ1) is 29.7. The van der Waals surface area contributed by atoms with E-state index in [9.17, 15) is 0 Å². The number of hydrogen-bond acceptors (Lipinski definition) is 1. The molecule has 4 aliphatic rings. The average Bonchev–Trinajstić information content (AvgIpc) is 3.61. The van der Waals surface area contributed by atoms with Crippen molar-refractivity contribution in [2.75, 3.05) is 4.90 Å². The van der Waals surface area contributed by atoms with E-state index in [2.05, 4.69) is 205 Å². The first-order valence-corrected chi connectivity index (χ1v) is 22.3. The Bertz CT molecular complexity index is 2820. The quantitative estimate of drug-likeness (QED) is 0.156. The Labute approximate surface area is 355 Å². The van der Waals surface area contributed by atoms with E-state index < -0.39 is 0 Å². The minimum Gasteiger partial charge on any atom is -0.310 e. The van der Waals surface area contributed by atoms with Gasteiger partial charge in [0.25, 0.3) is 0 Å². The fraction of sp³-hybridized carbons (Fsp3) is 0.186. The fourth-order valence-corrected chi connectivity index (χ4v) is 12.4. The number of anilines is 3. The van der Waals surface area contributed by atoms with Crippen LogP contribution in [0.3, 0.4) is 0 Å². The monoisotopic (exact) mass is 771 g/mol. The molecule has 8 aromatic carbocycles. The van der Waals surface area contributed by atoms with Crippen LogP contribution in [0.5, 0.6) is 0 Å². The minimum atomic E-state index is 0.170. The summed E-state index contributed by atoms with van der Waals surface area (Å²) >= 11 is 0. The van der Waals surface area contributed by atoms with Crippen LogP contribution in [0.15, 0.2) is 200 Å². The molecule has 0 saturated heterocycles. The van der Waals surface area contributed by atoms with Crippen molar-refractivity contribution in [1.82, 2.24) is 0 Å². The maximum atomic E-state index is 2.51. The van der Waals surface area contributed by atoms with Crippen molar-refractivity contribution in [2.45, 2.75) is 43.9 Å². The third kappa shape index (κ3) is 5.74. The topological polar surface area (TPSA) is 3.24 Å². The highest BCUT2D eigenvalue weighted by Crippen LogP contribution is 2.67. The van der Waals surface area contributed by atoms with Crippen LogP contribution in [0.25, 0.3) is 55.6 Å². The van der Waals surface area contributed by atoms with E-state index in [0.717, 1.165) is 40.7 Å². The van der Waals surface area contributed by atoms with Crippen LogP contribution in [0.4, 0.5) is 17.1 Å². The number of fused-ring (bicyclic) bond motifs is 8. The van der Waals surface area contributed by atoms with Gasteiger partial charge in [0.15, 0.2) is 0 Å². The number of benzene rings is 8. The Hall–Kier alpha value is -6.44. The first-order valence-electron chi connectivity index (χ1n) is 22.3.